The quantitative estimate of drug-likeness (QED) is 0.654. The van der Waals surface area contributed by atoms with E-state index in [9.17, 15) is 4.79 Å². The Labute approximate surface area is 93.0 Å². The van der Waals surface area contributed by atoms with Gasteiger partial charge in [0.1, 0.15) is 0 Å². The second-order valence-corrected chi connectivity index (χ2v) is 4.56. The molecule has 88 valence electrons. The molecular formula is C12H24N2O. The maximum Gasteiger partial charge on any atom is 0.222 e. The number of unbranched alkanes of at least 4 members (excludes halogenated alkanes) is 4. The molecule has 1 unspecified atom stereocenters. The summed E-state index contributed by atoms with van der Waals surface area (Å²) in [5.74, 6) is 0.717. The number of carbonyl (C=O) groups excluding carboxylic acids is 1. The third kappa shape index (κ3) is 4.20. The minimum atomic E-state index is 0.306. The predicted octanol–water partition coefficient (Wildman–Crippen LogP) is 1.76. The van der Waals surface area contributed by atoms with Crippen molar-refractivity contribution in [2.45, 2.75) is 45.4 Å². The zero-order chi connectivity index (χ0) is 11.1. The van der Waals surface area contributed by atoms with Gasteiger partial charge in [-0.2, -0.15) is 0 Å². The molecule has 0 saturated carbocycles. The highest BCUT2D eigenvalue weighted by molar-refractivity contribution is 5.78. The lowest BCUT2D eigenvalue weighted by atomic mass is 10.1. The van der Waals surface area contributed by atoms with Crippen LogP contribution in [-0.2, 0) is 4.79 Å². The van der Waals surface area contributed by atoms with Crippen molar-refractivity contribution in [3.8, 4) is 0 Å². The average molecular weight is 212 g/mol. The van der Waals surface area contributed by atoms with Crippen LogP contribution in [0.15, 0.2) is 0 Å². The van der Waals surface area contributed by atoms with E-state index in [1.165, 1.54) is 25.7 Å². The molecule has 0 radical (unpaired) electrons. The van der Waals surface area contributed by atoms with Gasteiger partial charge in [-0.05, 0) is 18.9 Å². The Balaban J connectivity index is 2.08. The van der Waals surface area contributed by atoms with Crippen LogP contribution in [0.5, 0.6) is 0 Å². The second-order valence-electron chi connectivity index (χ2n) is 4.56. The summed E-state index contributed by atoms with van der Waals surface area (Å²) in [7, 11) is 0. The number of nitrogens with zero attached hydrogens (tertiary/aromatic N) is 1. The van der Waals surface area contributed by atoms with E-state index in [0.29, 0.717) is 24.8 Å². The maximum atomic E-state index is 11.5. The first-order valence-electron chi connectivity index (χ1n) is 6.25. The van der Waals surface area contributed by atoms with E-state index in [0.717, 1.165) is 19.5 Å². The van der Waals surface area contributed by atoms with Crippen LogP contribution >= 0.6 is 0 Å². The average Bonchev–Trinajstić information content (AvgIpc) is 2.59. The van der Waals surface area contributed by atoms with Gasteiger partial charge in [0.25, 0.3) is 0 Å². The Morgan fingerprint density at radius 1 is 1.33 bits per heavy atom. The Morgan fingerprint density at radius 3 is 2.67 bits per heavy atom. The molecule has 3 heteroatoms. The molecule has 0 aromatic heterocycles. The first-order chi connectivity index (χ1) is 7.27. The standard InChI is InChI=1S/C12H24N2O/c1-2-3-4-5-6-7-14-10-11(9-13)8-12(14)15/h11H,2-10,13H2,1H3. The van der Waals surface area contributed by atoms with Crippen molar-refractivity contribution in [3.63, 3.8) is 0 Å². The molecule has 0 aromatic rings. The van der Waals surface area contributed by atoms with Gasteiger partial charge in [-0.1, -0.05) is 32.6 Å². The molecule has 1 aliphatic heterocycles. The van der Waals surface area contributed by atoms with Crippen molar-refractivity contribution in [2.75, 3.05) is 19.6 Å². The summed E-state index contributed by atoms with van der Waals surface area (Å²) in [4.78, 5) is 13.5. The van der Waals surface area contributed by atoms with E-state index in [-0.39, 0.29) is 0 Å². The molecule has 0 aromatic carbocycles. The second kappa shape index (κ2) is 6.83. The Kier molecular flexibility index (Phi) is 5.69. The number of nitrogens with two attached hydrogens (primary N) is 1. The SMILES string of the molecule is CCCCCCCN1CC(CN)CC1=O. The van der Waals surface area contributed by atoms with E-state index in [1.807, 2.05) is 4.90 Å². The van der Waals surface area contributed by atoms with Gasteiger partial charge in [-0.15, -0.1) is 0 Å². The summed E-state index contributed by atoms with van der Waals surface area (Å²) < 4.78 is 0. The predicted molar refractivity (Wildman–Crippen MR) is 62.5 cm³/mol. The van der Waals surface area contributed by atoms with E-state index >= 15 is 0 Å². The van der Waals surface area contributed by atoms with Gasteiger partial charge in [0.2, 0.25) is 5.91 Å². The van der Waals surface area contributed by atoms with Gasteiger partial charge in [0.05, 0.1) is 0 Å². The minimum Gasteiger partial charge on any atom is -0.342 e. The molecule has 1 aliphatic rings. The Bertz CT molecular complexity index is 194. The van der Waals surface area contributed by atoms with Crippen molar-refractivity contribution < 1.29 is 4.79 Å². The van der Waals surface area contributed by atoms with Crippen LogP contribution in [0, 0.1) is 5.92 Å². The molecule has 1 saturated heterocycles. The number of rotatable bonds is 7. The Hall–Kier alpha value is -0.570. The topological polar surface area (TPSA) is 46.3 Å². The summed E-state index contributed by atoms with van der Waals surface area (Å²) in [5.41, 5.74) is 5.57. The molecule has 2 N–H and O–H groups in total. The van der Waals surface area contributed by atoms with Crippen molar-refractivity contribution in [2.24, 2.45) is 11.7 Å². The maximum absolute atomic E-state index is 11.5. The lowest BCUT2D eigenvalue weighted by Gasteiger charge is -2.15. The van der Waals surface area contributed by atoms with Gasteiger partial charge in [-0.3, -0.25) is 4.79 Å². The lowest BCUT2D eigenvalue weighted by molar-refractivity contribution is -0.127. The first kappa shape index (κ1) is 12.5. The van der Waals surface area contributed by atoms with Gasteiger partial charge >= 0.3 is 0 Å². The van der Waals surface area contributed by atoms with E-state index in [1.54, 1.807) is 0 Å². The third-order valence-electron chi connectivity index (χ3n) is 3.16. The van der Waals surface area contributed by atoms with Crippen molar-refractivity contribution in [1.82, 2.24) is 4.90 Å². The molecule has 1 amide bonds. The summed E-state index contributed by atoms with van der Waals surface area (Å²) in [6.07, 6.45) is 6.98. The minimum absolute atomic E-state index is 0.306. The molecule has 1 rings (SSSR count). The normalized spacial score (nSPS) is 21.3. The van der Waals surface area contributed by atoms with E-state index in [4.69, 9.17) is 5.73 Å². The van der Waals surface area contributed by atoms with Crippen LogP contribution < -0.4 is 5.73 Å². The summed E-state index contributed by atoms with van der Waals surface area (Å²) in [5, 5.41) is 0. The fourth-order valence-corrected chi connectivity index (χ4v) is 2.13. The van der Waals surface area contributed by atoms with Crippen LogP contribution in [0.3, 0.4) is 0 Å². The fourth-order valence-electron chi connectivity index (χ4n) is 2.13. The number of likely N-dealkylation sites (tertiary alicyclic amines) is 1. The van der Waals surface area contributed by atoms with Crippen LogP contribution in [0.1, 0.15) is 45.4 Å². The number of carbonyl (C=O) groups is 1. The highest BCUT2D eigenvalue weighted by atomic mass is 16.2. The molecule has 1 atom stereocenters. The molecule has 1 fully saturated rings. The van der Waals surface area contributed by atoms with Crippen LogP contribution in [0.4, 0.5) is 0 Å². The summed E-state index contributed by atoms with van der Waals surface area (Å²) in [6, 6.07) is 0. The summed E-state index contributed by atoms with van der Waals surface area (Å²) in [6.45, 7) is 4.70. The van der Waals surface area contributed by atoms with Crippen LogP contribution in [0.25, 0.3) is 0 Å². The fraction of sp³-hybridized carbons (Fsp3) is 0.917. The molecule has 0 spiro atoms. The monoisotopic (exact) mass is 212 g/mol. The van der Waals surface area contributed by atoms with Crippen LogP contribution in [0.2, 0.25) is 0 Å². The van der Waals surface area contributed by atoms with Crippen LogP contribution in [-0.4, -0.2) is 30.4 Å². The van der Waals surface area contributed by atoms with Crippen molar-refractivity contribution in [3.05, 3.63) is 0 Å². The van der Waals surface area contributed by atoms with Gasteiger partial charge in [0, 0.05) is 19.5 Å². The number of hydrogen-bond acceptors (Lipinski definition) is 2. The number of amides is 1. The highest BCUT2D eigenvalue weighted by Gasteiger charge is 2.27. The van der Waals surface area contributed by atoms with Gasteiger partial charge in [-0.25, -0.2) is 0 Å². The van der Waals surface area contributed by atoms with Gasteiger partial charge in [0.15, 0.2) is 0 Å². The van der Waals surface area contributed by atoms with Crippen molar-refractivity contribution in [1.29, 1.82) is 0 Å². The molecule has 1 heterocycles. The Morgan fingerprint density at radius 2 is 2.07 bits per heavy atom. The molecule has 3 nitrogen and oxygen atoms in total. The molecule has 0 aliphatic carbocycles. The smallest absolute Gasteiger partial charge is 0.222 e. The largest absolute Gasteiger partial charge is 0.342 e. The lowest BCUT2D eigenvalue weighted by Crippen LogP contribution is -2.27. The van der Waals surface area contributed by atoms with E-state index in [2.05, 4.69) is 6.92 Å². The van der Waals surface area contributed by atoms with Crippen molar-refractivity contribution >= 4 is 5.91 Å². The van der Waals surface area contributed by atoms with Gasteiger partial charge < -0.3 is 10.6 Å². The summed E-state index contributed by atoms with van der Waals surface area (Å²) >= 11 is 0. The first-order valence-corrected chi connectivity index (χ1v) is 6.25. The third-order valence-corrected chi connectivity index (χ3v) is 3.16. The van der Waals surface area contributed by atoms with E-state index < -0.39 is 0 Å². The molecule has 0 bridgehead atoms. The molecular weight excluding hydrogens is 188 g/mol. The zero-order valence-corrected chi connectivity index (χ0v) is 9.87. The molecule has 15 heavy (non-hydrogen) atoms. The number of hydrogen-bond donors (Lipinski definition) is 1. The highest BCUT2D eigenvalue weighted by Crippen LogP contribution is 2.17. The zero-order valence-electron chi connectivity index (χ0n) is 9.87.